The molecule has 0 aliphatic heterocycles. The topological polar surface area (TPSA) is 50.8 Å². The van der Waals surface area contributed by atoms with Crippen LogP contribution in [0.1, 0.15) is 37.4 Å². The second-order valence-corrected chi connectivity index (χ2v) is 6.77. The standard InChI is InChI=1S/C22H27FN2O3/c1-4-25(5-2)21(26)14-28-16-8-6-7-15(13-16)24-19-11-9-18-17(19)10-12-20(27-3)22(18)23/h6-8,10,12-13,19,24H,4-5,9,11,14H2,1-3H3. The Hall–Kier alpha value is -2.76. The maximum atomic E-state index is 14.4. The Morgan fingerprint density at radius 1 is 1.25 bits per heavy atom. The largest absolute Gasteiger partial charge is 0.494 e. The summed E-state index contributed by atoms with van der Waals surface area (Å²) in [4.78, 5) is 13.8. The number of ether oxygens (including phenoxy) is 2. The molecule has 150 valence electrons. The summed E-state index contributed by atoms with van der Waals surface area (Å²) in [5.74, 6) is 0.617. The molecule has 1 atom stereocenters. The molecular weight excluding hydrogens is 359 g/mol. The second kappa shape index (κ2) is 8.95. The molecule has 1 aliphatic carbocycles. The molecule has 1 aliphatic rings. The Morgan fingerprint density at radius 3 is 2.75 bits per heavy atom. The highest BCUT2D eigenvalue weighted by atomic mass is 19.1. The van der Waals surface area contributed by atoms with Crippen molar-refractivity contribution in [2.45, 2.75) is 32.7 Å². The third-order valence-electron chi connectivity index (χ3n) is 5.18. The first-order valence-corrected chi connectivity index (χ1v) is 9.69. The molecule has 1 unspecified atom stereocenters. The molecule has 0 aromatic heterocycles. The minimum absolute atomic E-state index is 0.0163. The van der Waals surface area contributed by atoms with Crippen molar-refractivity contribution in [3.8, 4) is 11.5 Å². The van der Waals surface area contributed by atoms with Gasteiger partial charge in [0.15, 0.2) is 18.2 Å². The van der Waals surface area contributed by atoms with Crippen LogP contribution in [0.5, 0.6) is 11.5 Å². The highest BCUT2D eigenvalue weighted by Gasteiger charge is 2.27. The van der Waals surface area contributed by atoms with Crippen molar-refractivity contribution in [1.29, 1.82) is 0 Å². The minimum Gasteiger partial charge on any atom is -0.494 e. The molecule has 0 fully saturated rings. The molecule has 2 aromatic rings. The Labute approximate surface area is 165 Å². The van der Waals surface area contributed by atoms with Gasteiger partial charge >= 0.3 is 0 Å². The van der Waals surface area contributed by atoms with E-state index in [1.807, 2.05) is 44.2 Å². The number of methoxy groups -OCH3 is 1. The summed E-state index contributed by atoms with van der Waals surface area (Å²) < 4.78 is 25.2. The van der Waals surface area contributed by atoms with Gasteiger partial charge in [0.25, 0.3) is 5.91 Å². The van der Waals surface area contributed by atoms with Crippen LogP contribution in [0.25, 0.3) is 0 Å². The van der Waals surface area contributed by atoms with Crippen LogP contribution in [0.3, 0.4) is 0 Å². The van der Waals surface area contributed by atoms with Crippen LogP contribution >= 0.6 is 0 Å². The number of likely N-dealkylation sites (N-methyl/N-ethyl adjacent to an activating group) is 1. The van der Waals surface area contributed by atoms with Crippen molar-refractivity contribution < 1.29 is 18.7 Å². The van der Waals surface area contributed by atoms with Crippen molar-refractivity contribution in [3.63, 3.8) is 0 Å². The fourth-order valence-corrected chi connectivity index (χ4v) is 3.64. The van der Waals surface area contributed by atoms with Gasteiger partial charge in [-0.25, -0.2) is 4.39 Å². The quantitative estimate of drug-likeness (QED) is 0.739. The molecule has 0 bridgehead atoms. The molecule has 0 spiro atoms. The number of fused-ring (bicyclic) bond motifs is 1. The van der Waals surface area contributed by atoms with Crippen LogP contribution < -0.4 is 14.8 Å². The lowest BCUT2D eigenvalue weighted by atomic mass is 10.1. The van der Waals surface area contributed by atoms with Gasteiger partial charge in [-0.3, -0.25) is 4.79 Å². The van der Waals surface area contributed by atoms with E-state index in [0.717, 1.165) is 17.7 Å². The predicted molar refractivity (Wildman–Crippen MR) is 108 cm³/mol. The molecule has 6 heteroatoms. The molecule has 28 heavy (non-hydrogen) atoms. The first kappa shape index (κ1) is 20.0. The molecule has 0 heterocycles. The summed E-state index contributed by atoms with van der Waals surface area (Å²) >= 11 is 0. The van der Waals surface area contributed by atoms with Crippen LogP contribution in [-0.2, 0) is 11.2 Å². The summed E-state index contributed by atoms with van der Waals surface area (Å²) in [6.45, 7) is 5.25. The fraction of sp³-hybridized carbons (Fsp3) is 0.409. The van der Waals surface area contributed by atoms with E-state index >= 15 is 0 Å². The maximum absolute atomic E-state index is 14.4. The van der Waals surface area contributed by atoms with E-state index in [9.17, 15) is 9.18 Å². The number of amides is 1. The van der Waals surface area contributed by atoms with E-state index < -0.39 is 0 Å². The molecule has 1 N–H and O–H groups in total. The number of hydrogen-bond donors (Lipinski definition) is 1. The SMILES string of the molecule is CCN(CC)C(=O)COc1cccc(NC2CCc3c2ccc(OC)c3F)c1. The Bertz CT molecular complexity index is 837. The fourth-order valence-electron chi connectivity index (χ4n) is 3.64. The zero-order chi connectivity index (χ0) is 20.1. The summed E-state index contributed by atoms with van der Waals surface area (Å²) in [5.41, 5.74) is 2.55. The number of hydrogen-bond acceptors (Lipinski definition) is 4. The lowest BCUT2D eigenvalue weighted by Gasteiger charge is -2.19. The van der Waals surface area contributed by atoms with Gasteiger partial charge in [-0.2, -0.15) is 0 Å². The lowest BCUT2D eigenvalue weighted by Crippen LogP contribution is -2.34. The van der Waals surface area contributed by atoms with E-state index in [-0.39, 0.29) is 30.1 Å². The number of anilines is 1. The van der Waals surface area contributed by atoms with Gasteiger partial charge in [-0.15, -0.1) is 0 Å². The van der Waals surface area contributed by atoms with Crippen molar-refractivity contribution in [2.24, 2.45) is 0 Å². The molecule has 0 saturated carbocycles. The van der Waals surface area contributed by atoms with Crippen molar-refractivity contribution >= 4 is 11.6 Å². The summed E-state index contributed by atoms with van der Waals surface area (Å²) in [5, 5.41) is 3.45. The lowest BCUT2D eigenvalue weighted by molar-refractivity contribution is -0.132. The van der Waals surface area contributed by atoms with Gasteiger partial charge in [0.05, 0.1) is 13.2 Å². The average Bonchev–Trinajstić information content (AvgIpc) is 3.11. The van der Waals surface area contributed by atoms with E-state index in [1.165, 1.54) is 7.11 Å². The van der Waals surface area contributed by atoms with E-state index in [4.69, 9.17) is 9.47 Å². The molecule has 0 saturated heterocycles. The third kappa shape index (κ3) is 4.21. The van der Waals surface area contributed by atoms with Crippen LogP contribution in [-0.4, -0.2) is 37.6 Å². The zero-order valence-corrected chi connectivity index (χ0v) is 16.6. The van der Waals surface area contributed by atoms with Gasteiger partial charge in [-0.1, -0.05) is 12.1 Å². The van der Waals surface area contributed by atoms with E-state index in [2.05, 4.69) is 5.32 Å². The molecular formula is C22H27FN2O3. The smallest absolute Gasteiger partial charge is 0.260 e. The number of carbonyl (C=O) groups excluding carboxylic acids is 1. The number of nitrogens with one attached hydrogen (secondary N) is 1. The minimum atomic E-state index is -0.267. The Balaban J connectivity index is 1.67. The highest BCUT2D eigenvalue weighted by Crippen LogP contribution is 2.38. The number of benzene rings is 2. The number of nitrogens with zero attached hydrogens (tertiary/aromatic N) is 1. The number of carbonyl (C=O) groups is 1. The van der Waals surface area contributed by atoms with Crippen LogP contribution in [0.2, 0.25) is 0 Å². The van der Waals surface area contributed by atoms with Crippen molar-refractivity contribution in [2.75, 3.05) is 32.1 Å². The van der Waals surface area contributed by atoms with Crippen LogP contribution in [0, 0.1) is 5.82 Å². The highest BCUT2D eigenvalue weighted by molar-refractivity contribution is 5.77. The van der Waals surface area contributed by atoms with Gasteiger partial charge in [0.1, 0.15) is 5.75 Å². The monoisotopic (exact) mass is 386 g/mol. The Morgan fingerprint density at radius 2 is 2.04 bits per heavy atom. The van der Waals surface area contributed by atoms with Gasteiger partial charge in [0.2, 0.25) is 0 Å². The molecule has 3 rings (SSSR count). The van der Waals surface area contributed by atoms with Crippen molar-refractivity contribution in [3.05, 3.63) is 53.3 Å². The molecule has 2 aromatic carbocycles. The normalized spacial score (nSPS) is 15.1. The summed E-state index contributed by atoms with van der Waals surface area (Å²) in [7, 11) is 1.48. The van der Waals surface area contributed by atoms with E-state index in [1.54, 1.807) is 11.0 Å². The summed E-state index contributed by atoms with van der Waals surface area (Å²) in [6, 6.07) is 11.1. The number of halogens is 1. The second-order valence-electron chi connectivity index (χ2n) is 6.77. The zero-order valence-electron chi connectivity index (χ0n) is 16.6. The first-order chi connectivity index (χ1) is 13.6. The van der Waals surface area contributed by atoms with Gasteiger partial charge in [0, 0.05) is 24.8 Å². The number of rotatable bonds is 8. The van der Waals surface area contributed by atoms with Gasteiger partial charge < -0.3 is 19.7 Å². The predicted octanol–water partition coefficient (Wildman–Crippen LogP) is 4.18. The van der Waals surface area contributed by atoms with Crippen LogP contribution in [0.4, 0.5) is 10.1 Å². The first-order valence-electron chi connectivity index (χ1n) is 9.69. The van der Waals surface area contributed by atoms with E-state index in [0.29, 0.717) is 30.8 Å². The molecule has 5 nitrogen and oxygen atoms in total. The van der Waals surface area contributed by atoms with Gasteiger partial charge in [-0.05, 0) is 56.0 Å². The van der Waals surface area contributed by atoms with Crippen LogP contribution in [0.15, 0.2) is 36.4 Å². The molecule has 1 amide bonds. The Kier molecular flexibility index (Phi) is 6.39. The third-order valence-corrected chi connectivity index (χ3v) is 5.18. The average molecular weight is 386 g/mol. The van der Waals surface area contributed by atoms with Crippen molar-refractivity contribution in [1.82, 2.24) is 4.90 Å². The maximum Gasteiger partial charge on any atom is 0.260 e. The summed E-state index contributed by atoms with van der Waals surface area (Å²) in [6.07, 6.45) is 1.48. The molecule has 0 radical (unpaired) electrons.